The second kappa shape index (κ2) is 4.38. The Labute approximate surface area is 97.6 Å². The van der Waals surface area contributed by atoms with Crippen molar-refractivity contribution in [3.63, 3.8) is 0 Å². The molecular formula is C9H6F3IO2. The summed E-state index contributed by atoms with van der Waals surface area (Å²) in [5.41, 5.74) is -0.648. The van der Waals surface area contributed by atoms with Crippen molar-refractivity contribution in [2.75, 3.05) is 7.11 Å². The first-order valence-electron chi connectivity index (χ1n) is 3.81. The summed E-state index contributed by atoms with van der Waals surface area (Å²) < 4.78 is 41.4. The summed E-state index contributed by atoms with van der Waals surface area (Å²) in [5.74, 6) is -0.651. The maximum Gasteiger partial charge on any atom is 0.417 e. The zero-order chi connectivity index (χ0) is 11.6. The minimum absolute atomic E-state index is 0.0250. The van der Waals surface area contributed by atoms with Gasteiger partial charge in [-0.25, -0.2) is 4.79 Å². The number of methoxy groups -OCH3 is 1. The van der Waals surface area contributed by atoms with E-state index in [0.29, 0.717) is 0 Å². The Bertz CT molecular complexity index is 387. The maximum atomic E-state index is 12.3. The molecule has 6 heteroatoms. The van der Waals surface area contributed by atoms with E-state index in [2.05, 4.69) is 4.74 Å². The summed E-state index contributed by atoms with van der Waals surface area (Å²) in [5, 5.41) is 0. The van der Waals surface area contributed by atoms with Crippen LogP contribution in [-0.2, 0) is 10.9 Å². The van der Waals surface area contributed by atoms with Crippen LogP contribution in [0.4, 0.5) is 13.2 Å². The second-order valence-corrected chi connectivity index (χ2v) is 3.85. The third-order valence-corrected chi connectivity index (χ3v) is 2.59. The van der Waals surface area contributed by atoms with Gasteiger partial charge in [0.2, 0.25) is 0 Å². The third kappa shape index (κ3) is 2.83. The predicted molar refractivity (Wildman–Crippen MR) is 55.5 cm³/mol. The van der Waals surface area contributed by atoms with Crippen LogP contribution in [0, 0.1) is 3.57 Å². The Kier molecular flexibility index (Phi) is 3.58. The summed E-state index contributed by atoms with van der Waals surface area (Å²) >= 11 is 1.53. The summed E-state index contributed by atoms with van der Waals surface area (Å²) in [7, 11) is 1.17. The molecule has 2 nitrogen and oxygen atoms in total. The number of hydrogen-bond acceptors (Lipinski definition) is 2. The number of rotatable bonds is 1. The Morgan fingerprint density at radius 3 is 2.40 bits per heavy atom. The molecule has 0 unspecified atom stereocenters. The van der Waals surface area contributed by atoms with Gasteiger partial charge in [-0.05, 0) is 40.8 Å². The first kappa shape index (κ1) is 12.3. The molecule has 0 atom stereocenters. The number of esters is 1. The average molecular weight is 330 g/mol. The van der Waals surface area contributed by atoms with Crippen LogP contribution in [0.25, 0.3) is 0 Å². The minimum Gasteiger partial charge on any atom is -0.465 e. The molecule has 0 N–H and O–H groups in total. The van der Waals surface area contributed by atoms with Gasteiger partial charge in [-0.2, -0.15) is 13.2 Å². The normalized spacial score (nSPS) is 11.3. The standard InChI is InChI=1S/C9H6F3IO2/c1-15-8(14)5-2-3-6(7(13)4-5)9(10,11)12/h2-4H,1H3. The molecule has 0 aliphatic carbocycles. The molecule has 0 aliphatic heterocycles. The van der Waals surface area contributed by atoms with Crippen LogP contribution in [0.15, 0.2) is 18.2 Å². The molecule has 0 heterocycles. The monoisotopic (exact) mass is 330 g/mol. The molecule has 0 fully saturated rings. The Morgan fingerprint density at radius 1 is 1.40 bits per heavy atom. The van der Waals surface area contributed by atoms with Crippen LogP contribution in [0.2, 0.25) is 0 Å². The first-order chi connectivity index (χ1) is 6.86. The van der Waals surface area contributed by atoms with Crippen LogP contribution < -0.4 is 0 Å². The molecule has 82 valence electrons. The zero-order valence-electron chi connectivity index (χ0n) is 7.56. The minimum atomic E-state index is -4.40. The number of hydrogen-bond donors (Lipinski definition) is 0. The topological polar surface area (TPSA) is 26.3 Å². The number of benzene rings is 1. The van der Waals surface area contributed by atoms with Gasteiger partial charge in [0.05, 0.1) is 18.2 Å². The molecule has 0 spiro atoms. The van der Waals surface area contributed by atoms with Gasteiger partial charge in [-0.15, -0.1) is 0 Å². The van der Waals surface area contributed by atoms with Crippen molar-refractivity contribution in [1.29, 1.82) is 0 Å². The highest BCUT2D eigenvalue weighted by molar-refractivity contribution is 14.1. The van der Waals surface area contributed by atoms with Crippen molar-refractivity contribution in [1.82, 2.24) is 0 Å². The van der Waals surface area contributed by atoms with Gasteiger partial charge >= 0.3 is 12.1 Å². The lowest BCUT2D eigenvalue weighted by molar-refractivity contribution is -0.138. The number of carbonyl (C=O) groups is 1. The van der Waals surface area contributed by atoms with Crippen molar-refractivity contribution in [2.24, 2.45) is 0 Å². The van der Waals surface area contributed by atoms with Crippen LogP contribution in [0.5, 0.6) is 0 Å². The van der Waals surface area contributed by atoms with Gasteiger partial charge < -0.3 is 4.74 Å². The summed E-state index contributed by atoms with van der Waals surface area (Å²) in [6.07, 6.45) is -4.40. The maximum absolute atomic E-state index is 12.3. The van der Waals surface area contributed by atoms with Crippen molar-refractivity contribution in [3.8, 4) is 0 Å². The molecule has 0 aromatic heterocycles. The summed E-state index contributed by atoms with van der Waals surface area (Å²) in [6, 6.07) is 3.11. The molecular weight excluding hydrogens is 324 g/mol. The van der Waals surface area contributed by atoms with Crippen LogP contribution in [0.1, 0.15) is 15.9 Å². The molecule has 0 amide bonds. The molecule has 0 aliphatic rings. The Morgan fingerprint density at radius 2 is 2.00 bits per heavy atom. The quantitative estimate of drug-likeness (QED) is 0.584. The SMILES string of the molecule is COC(=O)c1ccc(C(F)(F)F)c(I)c1. The van der Waals surface area contributed by atoms with E-state index in [4.69, 9.17) is 0 Å². The highest BCUT2D eigenvalue weighted by Gasteiger charge is 2.33. The van der Waals surface area contributed by atoms with Gasteiger partial charge in [0.1, 0.15) is 0 Å². The zero-order valence-corrected chi connectivity index (χ0v) is 9.72. The number of carbonyl (C=O) groups excluding carboxylic acids is 1. The molecule has 0 radical (unpaired) electrons. The lowest BCUT2D eigenvalue weighted by Gasteiger charge is -2.09. The summed E-state index contributed by atoms with van der Waals surface area (Å²) in [6.45, 7) is 0. The smallest absolute Gasteiger partial charge is 0.417 e. The van der Waals surface area contributed by atoms with Gasteiger partial charge in [0.15, 0.2) is 0 Å². The molecule has 1 rings (SSSR count). The molecule has 0 saturated carbocycles. The highest BCUT2D eigenvalue weighted by atomic mass is 127. The van der Waals surface area contributed by atoms with E-state index in [1.165, 1.54) is 29.7 Å². The fourth-order valence-corrected chi connectivity index (χ4v) is 1.81. The van der Waals surface area contributed by atoms with Gasteiger partial charge in [-0.1, -0.05) is 0 Å². The van der Waals surface area contributed by atoms with E-state index in [9.17, 15) is 18.0 Å². The van der Waals surface area contributed by atoms with Crippen molar-refractivity contribution < 1.29 is 22.7 Å². The Hall–Kier alpha value is -0.790. The predicted octanol–water partition coefficient (Wildman–Crippen LogP) is 3.10. The summed E-state index contributed by atoms with van der Waals surface area (Å²) in [4.78, 5) is 11.0. The molecule has 0 bridgehead atoms. The molecule has 1 aromatic rings. The van der Waals surface area contributed by atoms with E-state index in [1.807, 2.05) is 0 Å². The largest absolute Gasteiger partial charge is 0.465 e. The van der Waals surface area contributed by atoms with Crippen LogP contribution in [0.3, 0.4) is 0 Å². The van der Waals surface area contributed by atoms with Gasteiger partial charge in [0.25, 0.3) is 0 Å². The first-order valence-corrected chi connectivity index (χ1v) is 4.89. The number of halogens is 4. The van der Waals surface area contributed by atoms with E-state index >= 15 is 0 Å². The molecule has 15 heavy (non-hydrogen) atoms. The number of ether oxygens (including phenoxy) is 1. The van der Waals surface area contributed by atoms with Crippen LogP contribution in [-0.4, -0.2) is 13.1 Å². The number of alkyl halides is 3. The second-order valence-electron chi connectivity index (χ2n) is 2.68. The van der Waals surface area contributed by atoms with Crippen LogP contribution >= 0.6 is 22.6 Å². The highest BCUT2D eigenvalue weighted by Crippen LogP contribution is 2.33. The van der Waals surface area contributed by atoms with E-state index < -0.39 is 17.7 Å². The van der Waals surface area contributed by atoms with E-state index in [0.717, 1.165) is 18.2 Å². The molecule has 1 aromatic carbocycles. The van der Waals surface area contributed by atoms with Gasteiger partial charge in [-0.3, -0.25) is 0 Å². The van der Waals surface area contributed by atoms with E-state index in [-0.39, 0.29) is 9.13 Å². The lowest BCUT2D eigenvalue weighted by atomic mass is 10.1. The Balaban J connectivity index is 3.15. The third-order valence-electron chi connectivity index (χ3n) is 1.70. The fraction of sp³-hybridized carbons (Fsp3) is 0.222. The van der Waals surface area contributed by atoms with Gasteiger partial charge in [0, 0.05) is 3.57 Å². The van der Waals surface area contributed by atoms with Crippen molar-refractivity contribution in [3.05, 3.63) is 32.9 Å². The fourth-order valence-electron chi connectivity index (χ4n) is 0.990. The van der Waals surface area contributed by atoms with E-state index in [1.54, 1.807) is 0 Å². The lowest BCUT2D eigenvalue weighted by Crippen LogP contribution is -2.09. The average Bonchev–Trinajstić information content (AvgIpc) is 2.14. The van der Waals surface area contributed by atoms with Crippen molar-refractivity contribution in [2.45, 2.75) is 6.18 Å². The molecule has 0 saturated heterocycles. The van der Waals surface area contributed by atoms with Crippen molar-refractivity contribution >= 4 is 28.6 Å².